The SMILES string of the molecule is CCCCc1ccc([C@@H]2CCCN2)cc1. The second-order valence-electron chi connectivity index (χ2n) is 4.49. The molecule has 1 aromatic rings. The van der Waals surface area contributed by atoms with Gasteiger partial charge in [-0.25, -0.2) is 0 Å². The summed E-state index contributed by atoms with van der Waals surface area (Å²) in [5, 5.41) is 3.54. The van der Waals surface area contributed by atoms with Crippen LogP contribution in [0.1, 0.15) is 49.8 Å². The second kappa shape index (κ2) is 5.32. The van der Waals surface area contributed by atoms with E-state index in [0.29, 0.717) is 6.04 Å². The largest absolute Gasteiger partial charge is 0.310 e. The van der Waals surface area contributed by atoms with Crippen molar-refractivity contribution < 1.29 is 0 Å². The van der Waals surface area contributed by atoms with Crippen LogP contribution in [0.15, 0.2) is 24.3 Å². The smallest absolute Gasteiger partial charge is 0.0320 e. The molecule has 1 heterocycles. The van der Waals surface area contributed by atoms with Gasteiger partial charge in [0, 0.05) is 6.04 Å². The summed E-state index contributed by atoms with van der Waals surface area (Å²) in [6.07, 6.45) is 6.44. The number of aryl methyl sites for hydroxylation is 1. The van der Waals surface area contributed by atoms with Crippen LogP contribution in [0, 0.1) is 0 Å². The zero-order valence-electron chi connectivity index (χ0n) is 9.63. The molecule has 1 aliphatic rings. The molecule has 0 radical (unpaired) electrons. The molecule has 0 saturated carbocycles. The average Bonchev–Trinajstić information content (AvgIpc) is 2.80. The minimum absolute atomic E-state index is 0.616. The summed E-state index contributed by atoms with van der Waals surface area (Å²) in [7, 11) is 0. The first-order valence-electron chi connectivity index (χ1n) is 6.22. The molecule has 15 heavy (non-hydrogen) atoms. The normalized spacial score (nSPS) is 20.7. The van der Waals surface area contributed by atoms with Crippen LogP contribution in [0.2, 0.25) is 0 Å². The first-order valence-corrected chi connectivity index (χ1v) is 6.22. The van der Waals surface area contributed by atoms with E-state index in [2.05, 4.69) is 36.5 Å². The summed E-state index contributed by atoms with van der Waals surface area (Å²) in [5.41, 5.74) is 2.95. The van der Waals surface area contributed by atoms with Gasteiger partial charge in [0.25, 0.3) is 0 Å². The first-order chi connectivity index (χ1) is 7.40. The Morgan fingerprint density at radius 3 is 2.67 bits per heavy atom. The van der Waals surface area contributed by atoms with Crippen LogP contribution < -0.4 is 5.32 Å². The molecule has 0 bridgehead atoms. The highest BCUT2D eigenvalue weighted by atomic mass is 14.9. The van der Waals surface area contributed by atoms with E-state index in [4.69, 9.17) is 0 Å². The number of hydrogen-bond acceptors (Lipinski definition) is 1. The van der Waals surface area contributed by atoms with Gasteiger partial charge in [-0.3, -0.25) is 0 Å². The fourth-order valence-electron chi connectivity index (χ4n) is 2.27. The predicted molar refractivity (Wildman–Crippen MR) is 65.0 cm³/mol. The van der Waals surface area contributed by atoms with Gasteiger partial charge >= 0.3 is 0 Å². The van der Waals surface area contributed by atoms with E-state index in [1.54, 1.807) is 0 Å². The fraction of sp³-hybridized carbons (Fsp3) is 0.571. The molecular formula is C14H21N. The minimum atomic E-state index is 0.616. The van der Waals surface area contributed by atoms with Crippen molar-refractivity contribution in [3.05, 3.63) is 35.4 Å². The molecule has 1 saturated heterocycles. The van der Waals surface area contributed by atoms with Crippen LogP contribution in [0.3, 0.4) is 0 Å². The van der Waals surface area contributed by atoms with E-state index >= 15 is 0 Å². The van der Waals surface area contributed by atoms with E-state index < -0.39 is 0 Å². The fourth-order valence-corrected chi connectivity index (χ4v) is 2.27. The maximum absolute atomic E-state index is 3.54. The Labute approximate surface area is 92.9 Å². The zero-order chi connectivity index (χ0) is 10.5. The molecule has 1 nitrogen and oxygen atoms in total. The van der Waals surface area contributed by atoms with Crippen molar-refractivity contribution in [2.75, 3.05) is 6.54 Å². The molecule has 1 aromatic carbocycles. The average molecular weight is 203 g/mol. The van der Waals surface area contributed by atoms with Gasteiger partial charge in [0.1, 0.15) is 0 Å². The number of benzene rings is 1. The van der Waals surface area contributed by atoms with Crippen LogP contribution in [0.25, 0.3) is 0 Å². The van der Waals surface area contributed by atoms with Crippen LogP contribution in [-0.4, -0.2) is 6.54 Å². The standard InChI is InChI=1S/C14H21N/c1-2-3-5-12-7-9-13(10-8-12)14-6-4-11-15-14/h7-10,14-15H,2-6,11H2,1H3/t14-/m0/s1. The Kier molecular flexibility index (Phi) is 3.79. The molecule has 0 spiro atoms. The summed E-state index contributed by atoms with van der Waals surface area (Å²) in [5.74, 6) is 0. The van der Waals surface area contributed by atoms with Crippen LogP contribution in [0.4, 0.5) is 0 Å². The monoisotopic (exact) mass is 203 g/mol. The van der Waals surface area contributed by atoms with Crippen LogP contribution >= 0.6 is 0 Å². The van der Waals surface area contributed by atoms with E-state index in [1.165, 1.54) is 49.8 Å². The molecule has 1 aliphatic heterocycles. The molecular weight excluding hydrogens is 182 g/mol. The third-order valence-electron chi connectivity index (χ3n) is 3.26. The molecule has 0 aliphatic carbocycles. The lowest BCUT2D eigenvalue weighted by Crippen LogP contribution is -2.12. The van der Waals surface area contributed by atoms with Gasteiger partial charge in [0.2, 0.25) is 0 Å². The van der Waals surface area contributed by atoms with Crippen LogP contribution in [0.5, 0.6) is 0 Å². The predicted octanol–water partition coefficient (Wildman–Crippen LogP) is 3.45. The lowest BCUT2D eigenvalue weighted by Gasteiger charge is -2.11. The molecule has 82 valence electrons. The molecule has 1 N–H and O–H groups in total. The molecule has 0 aromatic heterocycles. The van der Waals surface area contributed by atoms with E-state index in [-0.39, 0.29) is 0 Å². The summed E-state index contributed by atoms with van der Waals surface area (Å²) >= 11 is 0. The lowest BCUT2D eigenvalue weighted by atomic mass is 10.0. The Hall–Kier alpha value is -0.820. The van der Waals surface area contributed by atoms with Crippen molar-refractivity contribution in [1.29, 1.82) is 0 Å². The van der Waals surface area contributed by atoms with Gasteiger partial charge in [-0.05, 0) is 43.4 Å². The molecule has 0 amide bonds. The van der Waals surface area contributed by atoms with Gasteiger partial charge in [-0.2, -0.15) is 0 Å². The summed E-state index contributed by atoms with van der Waals surface area (Å²) in [6, 6.07) is 9.81. The summed E-state index contributed by atoms with van der Waals surface area (Å²) in [6.45, 7) is 3.43. The molecule has 2 rings (SSSR count). The van der Waals surface area contributed by atoms with E-state index in [9.17, 15) is 0 Å². The molecule has 1 fully saturated rings. The topological polar surface area (TPSA) is 12.0 Å². The Bertz CT molecular complexity index is 283. The third kappa shape index (κ3) is 2.82. The van der Waals surface area contributed by atoms with E-state index in [0.717, 1.165) is 0 Å². The highest BCUT2D eigenvalue weighted by Crippen LogP contribution is 2.23. The highest BCUT2D eigenvalue weighted by molar-refractivity contribution is 5.25. The third-order valence-corrected chi connectivity index (χ3v) is 3.26. The van der Waals surface area contributed by atoms with Crippen molar-refractivity contribution >= 4 is 0 Å². The van der Waals surface area contributed by atoms with Gasteiger partial charge < -0.3 is 5.32 Å². The maximum Gasteiger partial charge on any atom is 0.0320 e. The van der Waals surface area contributed by atoms with Gasteiger partial charge in [0.15, 0.2) is 0 Å². The van der Waals surface area contributed by atoms with Crippen molar-refractivity contribution in [2.45, 2.75) is 45.1 Å². The Morgan fingerprint density at radius 2 is 2.07 bits per heavy atom. The Morgan fingerprint density at radius 1 is 1.27 bits per heavy atom. The molecule has 0 unspecified atom stereocenters. The highest BCUT2D eigenvalue weighted by Gasteiger charge is 2.15. The second-order valence-corrected chi connectivity index (χ2v) is 4.49. The number of unbranched alkanes of at least 4 members (excludes halogenated alkanes) is 1. The van der Waals surface area contributed by atoms with Gasteiger partial charge in [-0.15, -0.1) is 0 Å². The van der Waals surface area contributed by atoms with Crippen molar-refractivity contribution in [3.8, 4) is 0 Å². The number of rotatable bonds is 4. The van der Waals surface area contributed by atoms with Crippen LogP contribution in [-0.2, 0) is 6.42 Å². The van der Waals surface area contributed by atoms with Gasteiger partial charge in [-0.1, -0.05) is 37.6 Å². The minimum Gasteiger partial charge on any atom is -0.310 e. The maximum atomic E-state index is 3.54. The quantitative estimate of drug-likeness (QED) is 0.790. The summed E-state index contributed by atoms with van der Waals surface area (Å²) < 4.78 is 0. The van der Waals surface area contributed by atoms with E-state index in [1.807, 2.05) is 0 Å². The number of nitrogens with one attached hydrogen (secondary N) is 1. The molecule has 1 heteroatoms. The Balaban J connectivity index is 1.96. The first kappa shape index (κ1) is 10.7. The molecule has 1 atom stereocenters. The summed E-state index contributed by atoms with van der Waals surface area (Å²) in [4.78, 5) is 0. The number of hydrogen-bond donors (Lipinski definition) is 1. The van der Waals surface area contributed by atoms with Crippen molar-refractivity contribution in [2.24, 2.45) is 0 Å². The zero-order valence-corrected chi connectivity index (χ0v) is 9.63. The van der Waals surface area contributed by atoms with Crippen molar-refractivity contribution in [3.63, 3.8) is 0 Å². The van der Waals surface area contributed by atoms with Gasteiger partial charge in [0.05, 0.1) is 0 Å². The lowest BCUT2D eigenvalue weighted by molar-refractivity contribution is 0.647. The van der Waals surface area contributed by atoms with Crippen molar-refractivity contribution in [1.82, 2.24) is 5.32 Å².